The second-order valence-corrected chi connectivity index (χ2v) is 4.84. The Morgan fingerprint density at radius 2 is 2.33 bits per heavy atom. The van der Waals surface area contributed by atoms with Crippen molar-refractivity contribution in [3.8, 4) is 0 Å². The lowest BCUT2D eigenvalue weighted by Crippen LogP contribution is -2.27. The lowest BCUT2D eigenvalue weighted by molar-refractivity contribution is 0.428. The number of nitrogens with zero attached hydrogens (tertiary/aromatic N) is 2. The monoisotopic (exact) mass is 242 g/mol. The molecule has 0 amide bonds. The van der Waals surface area contributed by atoms with Gasteiger partial charge in [-0.3, -0.25) is 0 Å². The molecular weight excluding hydrogens is 224 g/mol. The van der Waals surface area contributed by atoms with Gasteiger partial charge >= 0.3 is 0 Å². The Labute approximate surface area is 107 Å². The molecule has 0 saturated heterocycles. The summed E-state index contributed by atoms with van der Waals surface area (Å²) in [6, 6.07) is 9.02. The first-order chi connectivity index (χ1) is 8.88. The molecule has 0 radical (unpaired) electrons. The zero-order valence-electron chi connectivity index (χ0n) is 10.6. The number of aromatic amines is 1. The van der Waals surface area contributed by atoms with Crippen molar-refractivity contribution in [3.05, 3.63) is 47.3 Å². The summed E-state index contributed by atoms with van der Waals surface area (Å²) < 4.78 is 0. The van der Waals surface area contributed by atoms with Crippen molar-refractivity contribution in [3.63, 3.8) is 0 Å². The van der Waals surface area contributed by atoms with Gasteiger partial charge in [-0.15, -0.1) is 0 Å². The van der Waals surface area contributed by atoms with E-state index in [0.29, 0.717) is 12.0 Å². The van der Waals surface area contributed by atoms with Crippen LogP contribution in [0, 0.1) is 0 Å². The van der Waals surface area contributed by atoms with Gasteiger partial charge in [-0.05, 0) is 36.4 Å². The maximum atomic E-state index is 4.20. The molecule has 0 aliphatic heterocycles. The highest BCUT2D eigenvalue weighted by Gasteiger charge is 2.29. The minimum absolute atomic E-state index is 0.298. The Morgan fingerprint density at radius 1 is 1.44 bits per heavy atom. The molecule has 0 saturated carbocycles. The summed E-state index contributed by atoms with van der Waals surface area (Å²) in [5.74, 6) is 0.655. The van der Waals surface area contributed by atoms with Crippen molar-refractivity contribution in [1.29, 1.82) is 0 Å². The van der Waals surface area contributed by atoms with Crippen LogP contribution in [0.3, 0.4) is 0 Å². The van der Waals surface area contributed by atoms with Gasteiger partial charge in [0.25, 0.3) is 0 Å². The molecule has 2 aromatic rings. The van der Waals surface area contributed by atoms with Crippen LogP contribution in [0.5, 0.6) is 0 Å². The van der Waals surface area contributed by atoms with E-state index >= 15 is 0 Å². The van der Waals surface area contributed by atoms with Crippen molar-refractivity contribution < 1.29 is 0 Å². The third-order valence-electron chi connectivity index (χ3n) is 3.72. The molecule has 3 rings (SSSR count). The van der Waals surface area contributed by atoms with Crippen LogP contribution in [0.4, 0.5) is 0 Å². The standard InChI is InChI=1S/C14H18N4/c1-2-15-13(14-9-16-18-17-14)8-11-7-10-5-3-4-6-12(10)11/h3-6,9,11,13,15H,2,7-8H2,1H3,(H,16,17,18). The minimum Gasteiger partial charge on any atom is -0.309 e. The first-order valence-electron chi connectivity index (χ1n) is 6.55. The molecule has 1 aliphatic carbocycles. The maximum Gasteiger partial charge on any atom is 0.0994 e. The molecule has 0 spiro atoms. The summed E-state index contributed by atoms with van der Waals surface area (Å²) in [7, 11) is 0. The van der Waals surface area contributed by atoms with Gasteiger partial charge in [0.2, 0.25) is 0 Å². The Morgan fingerprint density at radius 3 is 3.06 bits per heavy atom. The van der Waals surface area contributed by atoms with Crippen LogP contribution in [0.25, 0.3) is 0 Å². The second kappa shape index (κ2) is 4.90. The quantitative estimate of drug-likeness (QED) is 0.845. The molecule has 4 nitrogen and oxygen atoms in total. The SMILES string of the molecule is CCNC(CC1Cc2ccccc21)c1cn[nH]n1. The van der Waals surface area contributed by atoms with Gasteiger partial charge in [-0.25, -0.2) is 0 Å². The number of hydrogen-bond donors (Lipinski definition) is 2. The van der Waals surface area contributed by atoms with Crippen LogP contribution in [0.1, 0.15) is 42.1 Å². The Bertz CT molecular complexity index is 506. The number of rotatable bonds is 5. The number of hydrogen-bond acceptors (Lipinski definition) is 3. The summed E-state index contributed by atoms with van der Waals surface area (Å²) in [5, 5.41) is 14.3. The molecule has 0 bridgehead atoms. The molecule has 1 aromatic heterocycles. The number of H-pyrrole nitrogens is 1. The van der Waals surface area contributed by atoms with Gasteiger partial charge in [-0.1, -0.05) is 31.2 Å². The molecule has 0 fully saturated rings. The van der Waals surface area contributed by atoms with Gasteiger partial charge in [0.1, 0.15) is 0 Å². The second-order valence-electron chi connectivity index (χ2n) is 4.84. The topological polar surface area (TPSA) is 53.6 Å². The summed E-state index contributed by atoms with van der Waals surface area (Å²) in [5.41, 5.74) is 4.02. The van der Waals surface area contributed by atoms with E-state index < -0.39 is 0 Å². The van der Waals surface area contributed by atoms with E-state index in [1.807, 2.05) is 6.20 Å². The van der Waals surface area contributed by atoms with Crippen molar-refractivity contribution in [1.82, 2.24) is 20.7 Å². The summed E-state index contributed by atoms with van der Waals surface area (Å²) in [4.78, 5) is 0. The van der Waals surface area contributed by atoms with E-state index in [1.165, 1.54) is 17.5 Å². The van der Waals surface area contributed by atoms with Gasteiger partial charge in [-0.2, -0.15) is 15.4 Å². The van der Waals surface area contributed by atoms with Crippen LogP contribution in [-0.2, 0) is 6.42 Å². The fourth-order valence-corrected chi connectivity index (χ4v) is 2.79. The average molecular weight is 242 g/mol. The van der Waals surface area contributed by atoms with E-state index in [2.05, 4.69) is 51.9 Å². The molecule has 1 aromatic carbocycles. The first-order valence-corrected chi connectivity index (χ1v) is 6.55. The highest BCUT2D eigenvalue weighted by molar-refractivity contribution is 5.40. The van der Waals surface area contributed by atoms with Crippen molar-refractivity contribution in [2.24, 2.45) is 0 Å². The third kappa shape index (κ3) is 2.04. The Balaban J connectivity index is 1.72. The van der Waals surface area contributed by atoms with Crippen LogP contribution in [0.2, 0.25) is 0 Å². The molecule has 2 unspecified atom stereocenters. The lowest BCUT2D eigenvalue weighted by Gasteiger charge is -2.32. The predicted molar refractivity (Wildman–Crippen MR) is 70.3 cm³/mol. The molecule has 1 heterocycles. The predicted octanol–water partition coefficient (Wildman–Crippen LogP) is 2.19. The molecule has 18 heavy (non-hydrogen) atoms. The van der Waals surface area contributed by atoms with E-state index in [4.69, 9.17) is 0 Å². The third-order valence-corrected chi connectivity index (χ3v) is 3.72. The molecule has 2 N–H and O–H groups in total. The van der Waals surface area contributed by atoms with Crippen LogP contribution in [-0.4, -0.2) is 22.0 Å². The van der Waals surface area contributed by atoms with Crippen LogP contribution >= 0.6 is 0 Å². The zero-order valence-corrected chi connectivity index (χ0v) is 10.6. The normalized spacial score (nSPS) is 19.1. The van der Waals surface area contributed by atoms with E-state index in [9.17, 15) is 0 Å². The van der Waals surface area contributed by atoms with Gasteiger partial charge < -0.3 is 5.32 Å². The fourth-order valence-electron chi connectivity index (χ4n) is 2.79. The number of benzene rings is 1. The van der Waals surface area contributed by atoms with E-state index in [1.54, 1.807) is 0 Å². The molecule has 94 valence electrons. The smallest absolute Gasteiger partial charge is 0.0994 e. The highest BCUT2D eigenvalue weighted by atomic mass is 15.3. The van der Waals surface area contributed by atoms with Crippen molar-refractivity contribution in [2.75, 3.05) is 6.54 Å². The number of aromatic nitrogens is 3. The van der Waals surface area contributed by atoms with Gasteiger partial charge in [0, 0.05) is 0 Å². The minimum atomic E-state index is 0.298. The molecular formula is C14H18N4. The van der Waals surface area contributed by atoms with E-state index in [-0.39, 0.29) is 0 Å². The first kappa shape index (κ1) is 11.4. The lowest BCUT2D eigenvalue weighted by atomic mass is 9.74. The maximum absolute atomic E-state index is 4.20. The van der Waals surface area contributed by atoms with Gasteiger partial charge in [0.05, 0.1) is 17.9 Å². The summed E-state index contributed by atoms with van der Waals surface area (Å²) >= 11 is 0. The van der Waals surface area contributed by atoms with Crippen molar-refractivity contribution in [2.45, 2.75) is 31.7 Å². The van der Waals surface area contributed by atoms with Crippen molar-refractivity contribution >= 4 is 0 Å². The largest absolute Gasteiger partial charge is 0.309 e. The summed E-state index contributed by atoms with van der Waals surface area (Å²) in [6.07, 6.45) is 4.10. The number of fused-ring (bicyclic) bond motifs is 1. The van der Waals surface area contributed by atoms with Crippen LogP contribution < -0.4 is 5.32 Å². The van der Waals surface area contributed by atoms with E-state index in [0.717, 1.165) is 18.7 Å². The molecule has 2 atom stereocenters. The highest BCUT2D eigenvalue weighted by Crippen LogP contribution is 2.40. The Hall–Kier alpha value is -1.68. The van der Waals surface area contributed by atoms with Gasteiger partial charge in [0.15, 0.2) is 0 Å². The average Bonchev–Trinajstić information content (AvgIpc) is 2.88. The number of nitrogens with one attached hydrogen (secondary N) is 2. The molecule has 1 aliphatic rings. The molecule has 4 heteroatoms. The summed E-state index contributed by atoms with van der Waals surface area (Å²) in [6.45, 7) is 3.08. The fraction of sp³-hybridized carbons (Fsp3) is 0.429. The Kier molecular flexibility index (Phi) is 3.11. The van der Waals surface area contributed by atoms with Crippen LogP contribution in [0.15, 0.2) is 30.5 Å². The zero-order chi connectivity index (χ0) is 12.4.